The second kappa shape index (κ2) is 4.65. The third-order valence-electron chi connectivity index (χ3n) is 2.86. The van der Waals surface area contributed by atoms with Crippen molar-refractivity contribution in [3.63, 3.8) is 0 Å². The van der Waals surface area contributed by atoms with Crippen molar-refractivity contribution < 1.29 is 13.6 Å². The number of anilines is 1. The Labute approximate surface area is 111 Å². The zero-order valence-electron chi connectivity index (χ0n) is 9.61. The predicted molar refractivity (Wildman–Crippen MR) is 67.9 cm³/mol. The molecule has 19 heavy (non-hydrogen) atoms. The number of hydrogen-bond acceptors (Lipinski definition) is 3. The summed E-state index contributed by atoms with van der Waals surface area (Å²) in [5, 5.41) is 8.46. The fourth-order valence-corrected chi connectivity index (χ4v) is 3.16. The molecule has 1 aliphatic rings. The summed E-state index contributed by atoms with van der Waals surface area (Å²) in [6, 6.07) is 3.73. The van der Waals surface area contributed by atoms with E-state index in [4.69, 9.17) is 0 Å². The minimum atomic E-state index is -0.626. The van der Waals surface area contributed by atoms with Gasteiger partial charge >= 0.3 is 0 Å². The number of carbonyl (C=O) groups excluding carboxylic acids is 1. The Morgan fingerprint density at radius 3 is 2.79 bits per heavy atom. The molecule has 7 heteroatoms. The first-order chi connectivity index (χ1) is 9.16. The Kier molecular flexibility index (Phi) is 2.98. The van der Waals surface area contributed by atoms with Gasteiger partial charge in [0.15, 0.2) is 0 Å². The molecule has 0 bridgehead atoms. The summed E-state index contributed by atoms with van der Waals surface area (Å²) < 4.78 is 27.8. The van der Waals surface area contributed by atoms with Crippen molar-refractivity contribution >= 4 is 23.5 Å². The molecule has 0 saturated heterocycles. The third kappa shape index (κ3) is 2.10. The molecule has 1 atom stereocenters. The van der Waals surface area contributed by atoms with Crippen LogP contribution in [0.4, 0.5) is 14.6 Å². The number of H-pyrrole nitrogens is 1. The number of rotatable bonds is 1. The van der Waals surface area contributed by atoms with Gasteiger partial charge in [0.1, 0.15) is 17.5 Å². The lowest BCUT2D eigenvalue weighted by molar-refractivity contribution is -0.113. The smallest absolute Gasteiger partial charge is 0.235 e. The molecule has 98 valence electrons. The first-order valence-corrected chi connectivity index (χ1v) is 6.60. The Morgan fingerprint density at radius 1 is 1.32 bits per heavy atom. The number of benzene rings is 1. The average molecular weight is 281 g/mol. The summed E-state index contributed by atoms with van der Waals surface area (Å²) in [5.74, 6) is -0.962. The molecule has 1 amide bonds. The molecule has 2 aromatic rings. The van der Waals surface area contributed by atoms with Crippen molar-refractivity contribution in [2.75, 3.05) is 11.1 Å². The van der Waals surface area contributed by atoms with Crippen LogP contribution in [0.1, 0.15) is 16.4 Å². The molecule has 1 aromatic carbocycles. The van der Waals surface area contributed by atoms with Crippen molar-refractivity contribution in [1.82, 2.24) is 10.2 Å². The van der Waals surface area contributed by atoms with Crippen LogP contribution in [0.5, 0.6) is 0 Å². The van der Waals surface area contributed by atoms with Gasteiger partial charge in [-0.25, -0.2) is 8.78 Å². The van der Waals surface area contributed by atoms with E-state index >= 15 is 0 Å². The molecular weight excluding hydrogens is 272 g/mol. The summed E-state index contributed by atoms with van der Waals surface area (Å²) >= 11 is 1.17. The van der Waals surface area contributed by atoms with Crippen LogP contribution < -0.4 is 5.32 Å². The van der Waals surface area contributed by atoms with Crippen LogP contribution >= 0.6 is 11.8 Å². The standard InChI is InChI=1S/C12H9F2N3OS/c13-7-2-1-3-8(14)10(7)11-6-4-15-17-12(6)16-9(18)5-19-11/h1-4,11H,5H2,(H2,15,16,17,18). The number of nitrogens with one attached hydrogen (secondary N) is 2. The number of nitrogens with zero attached hydrogens (tertiary/aromatic N) is 1. The molecule has 0 saturated carbocycles. The molecule has 0 aliphatic carbocycles. The average Bonchev–Trinajstić information content (AvgIpc) is 2.75. The van der Waals surface area contributed by atoms with Crippen LogP contribution in [-0.4, -0.2) is 21.9 Å². The van der Waals surface area contributed by atoms with Gasteiger partial charge in [-0.3, -0.25) is 9.89 Å². The molecule has 0 radical (unpaired) electrons. The van der Waals surface area contributed by atoms with E-state index in [1.165, 1.54) is 36.2 Å². The van der Waals surface area contributed by atoms with Gasteiger partial charge in [-0.2, -0.15) is 5.10 Å². The quantitative estimate of drug-likeness (QED) is 0.844. The summed E-state index contributed by atoms with van der Waals surface area (Å²) in [6.07, 6.45) is 1.48. The Bertz CT molecular complexity index is 623. The van der Waals surface area contributed by atoms with E-state index < -0.39 is 16.9 Å². The highest BCUT2D eigenvalue weighted by Gasteiger charge is 2.29. The molecule has 2 heterocycles. The topological polar surface area (TPSA) is 57.8 Å². The first-order valence-electron chi connectivity index (χ1n) is 5.55. The predicted octanol–water partition coefficient (Wildman–Crippen LogP) is 2.46. The van der Waals surface area contributed by atoms with Crippen molar-refractivity contribution in [2.45, 2.75) is 5.25 Å². The minimum absolute atomic E-state index is 0.0494. The number of thioether (sulfide) groups is 1. The molecule has 0 fully saturated rings. The van der Waals surface area contributed by atoms with E-state index in [1.807, 2.05) is 0 Å². The van der Waals surface area contributed by atoms with Crippen LogP contribution in [0.3, 0.4) is 0 Å². The normalized spacial score (nSPS) is 18.6. The number of fused-ring (bicyclic) bond motifs is 1. The van der Waals surface area contributed by atoms with E-state index in [0.29, 0.717) is 11.4 Å². The van der Waals surface area contributed by atoms with Crippen molar-refractivity contribution in [2.24, 2.45) is 0 Å². The highest BCUT2D eigenvalue weighted by atomic mass is 32.2. The number of hydrogen-bond donors (Lipinski definition) is 2. The van der Waals surface area contributed by atoms with Gasteiger partial charge in [0.25, 0.3) is 0 Å². The maximum absolute atomic E-state index is 13.9. The molecule has 1 aromatic heterocycles. The fourth-order valence-electron chi connectivity index (χ4n) is 2.02. The number of aromatic amines is 1. The minimum Gasteiger partial charge on any atom is -0.310 e. The molecule has 1 aliphatic heterocycles. The summed E-state index contributed by atoms with van der Waals surface area (Å²) in [7, 11) is 0. The van der Waals surface area contributed by atoms with Gasteiger partial charge in [0, 0.05) is 11.1 Å². The van der Waals surface area contributed by atoms with Crippen LogP contribution in [0.25, 0.3) is 0 Å². The van der Waals surface area contributed by atoms with Gasteiger partial charge in [-0.1, -0.05) is 6.07 Å². The van der Waals surface area contributed by atoms with E-state index in [9.17, 15) is 13.6 Å². The van der Waals surface area contributed by atoms with Crippen molar-refractivity contribution in [1.29, 1.82) is 0 Å². The summed E-state index contributed by atoms with van der Waals surface area (Å²) in [4.78, 5) is 11.5. The van der Waals surface area contributed by atoms with E-state index in [0.717, 1.165) is 0 Å². The first kappa shape index (κ1) is 12.2. The largest absolute Gasteiger partial charge is 0.310 e. The van der Waals surface area contributed by atoms with E-state index in [2.05, 4.69) is 15.5 Å². The van der Waals surface area contributed by atoms with Gasteiger partial charge < -0.3 is 5.32 Å². The summed E-state index contributed by atoms with van der Waals surface area (Å²) in [6.45, 7) is 0. The van der Waals surface area contributed by atoms with Gasteiger partial charge in [0.05, 0.1) is 17.2 Å². The van der Waals surface area contributed by atoms with Crippen molar-refractivity contribution in [3.05, 3.63) is 47.2 Å². The van der Waals surface area contributed by atoms with Crippen LogP contribution in [0.2, 0.25) is 0 Å². The Hall–Kier alpha value is -1.89. The van der Waals surface area contributed by atoms with Crippen LogP contribution in [0, 0.1) is 11.6 Å². The molecule has 4 nitrogen and oxygen atoms in total. The molecular formula is C12H9F2N3OS. The summed E-state index contributed by atoms with van der Waals surface area (Å²) in [5.41, 5.74) is 0.520. The Morgan fingerprint density at radius 2 is 2.05 bits per heavy atom. The lowest BCUT2D eigenvalue weighted by atomic mass is 10.1. The second-order valence-corrected chi connectivity index (χ2v) is 5.17. The van der Waals surface area contributed by atoms with E-state index in [1.54, 1.807) is 0 Å². The van der Waals surface area contributed by atoms with Crippen molar-refractivity contribution in [3.8, 4) is 0 Å². The molecule has 0 spiro atoms. The molecule has 1 unspecified atom stereocenters. The highest BCUT2D eigenvalue weighted by molar-refractivity contribution is 8.00. The fraction of sp³-hybridized carbons (Fsp3) is 0.167. The zero-order chi connectivity index (χ0) is 13.4. The number of amides is 1. The molecule has 2 N–H and O–H groups in total. The molecule has 3 rings (SSSR count). The van der Waals surface area contributed by atoms with E-state index in [-0.39, 0.29) is 17.2 Å². The third-order valence-corrected chi connectivity index (χ3v) is 4.11. The maximum atomic E-state index is 13.9. The monoisotopic (exact) mass is 281 g/mol. The van der Waals surface area contributed by atoms with Gasteiger partial charge in [-0.15, -0.1) is 11.8 Å². The van der Waals surface area contributed by atoms with Gasteiger partial charge in [-0.05, 0) is 12.1 Å². The SMILES string of the molecule is O=C1CSC(c2c(F)cccc2F)c2cn[nH]c2N1. The zero-order valence-corrected chi connectivity index (χ0v) is 10.4. The number of aromatic nitrogens is 2. The van der Waals surface area contributed by atoms with Gasteiger partial charge in [0.2, 0.25) is 5.91 Å². The highest BCUT2D eigenvalue weighted by Crippen LogP contribution is 2.42. The number of carbonyl (C=O) groups is 1. The lowest BCUT2D eigenvalue weighted by Gasteiger charge is -2.15. The Balaban J connectivity index is 2.13. The van der Waals surface area contributed by atoms with Crippen LogP contribution in [0.15, 0.2) is 24.4 Å². The maximum Gasteiger partial charge on any atom is 0.235 e. The second-order valence-electron chi connectivity index (χ2n) is 4.07. The lowest BCUT2D eigenvalue weighted by Crippen LogP contribution is -2.12. The number of halogens is 2. The van der Waals surface area contributed by atoms with Crippen LogP contribution in [-0.2, 0) is 4.79 Å².